The maximum absolute atomic E-state index is 13.8. The molecule has 0 saturated heterocycles. The van der Waals surface area contributed by atoms with Crippen molar-refractivity contribution in [1.82, 2.24) is 4.57 Å². The number of thioether (sulfide) groups is 1. The third-order valence-electron chi connectivity index (χ3n) is 6.13. The van der Waals surface area contributed by atoms with E-state index in [0.29, 0.717) is 37.5 Å². The molecular formula is C29H22N2O4S2. The number of hydrogen-bond acceptors (Lipinski definition) is 7. The maximum Gasteiger partial charge on any atom is 0.271 e. The fourth-order valence-corrected chi connectivity index (χ4v) is 6.76. The average molecular weight is 527 g/mol. The van der Waals surface area contributed by atoms with Crippen molar-refractivity contribution in [1.29, 1.82) is 0 Å². The highest BCUT2D eigenvalue weighted by molar-refractivity contribution is 8.08. The number of rotatable bonds is 6. The molecule has 184 valence electrons. The zero-order valence-electron chi connectivity index (χ0n) is 20.1. The Morgan fingerprint density at radius 1 is 0.892 bits per heavy atom. The van der Waals surface area contributed by atoms with E-state index < -0.39 is 11.6 Å². The lowest BCUT2D eigenvalue weighted by Crippen LogP contribution is -2.35. The third-order valence-corrected chi connectivity index (χ3v) is 8.68. The van der Waals surface area contributed by atoms with Gasteiger partial charge in [-0.3, -0.25) is 23.7 Å². The normalized spacial score (nSPS) is 13.8. The number of Topliss-reactive ketones (excluding diaryl/α,β-unsaturated/α-hetero) is 2. The molecule has 6 nitrogen and oxygen atoms in total. The van der Waals surface area contributed by atoms with Crippen molar-refractivity contribution in [2.75, 3.05) is 11.9 Å². The minimum atomic E-state index is -0.430. The van der Waals surface area contributed by atoms with E-state index in [1.54, 1.807) is 72.8 Å². The lowest BCUT2D eigenvalue weighted by Gasteiger charge is -2.12. The van der Waals surface area contributed by atoms with Crippen LogP contribution in [0.2, 0.25) is 0 Å². The molecule has 1 aliphatic rings. The van der Waals surface area contributed by atoms with Crippen LogP contribution >= 0.6 is 23.1 Å². The molecule has 0 bridgehead atoms. The molecule has 0 radical (unpaired) electrons. The predicted octanol–water partition coefficient (Wildman–Crippen LogP) is 3.97. The van der Waals surface area contributed by atoms with Gasteiger partial charge in [0.05, 0.1) is 5.69 Å². The van der Waals surface area contributed by atoms with Crippen molar-refractivity contribution in [2.24, 2.45) is 0 Å². The lowest BCUT2D eigenvalue weighted by molar-refractivity contribution is 0.0995. The topological polar surface area (TPSA) is 76.5 Å². The van der Waals surface area contributed by atoms with Gasteiger partial charge in [-0.1, -0.05) is 78.5 Å². The minimum Gasteiger partial charge on any atom is -0.337 e. The summed E-state index contributed by atoms with van der Waals surface area (Å²) in [5.41, 5.74) is 1.83. The monoisotopic (exact) mass is 526 g/mol. The number of fused-ring (bicyclic) bond motifs is 1. The zero-order chi connectivity index (χ0) is 26.1. The van der Waals surface area contributed by atoms with Crippen LogP contribution < -0.4 is 19.7 Å². The first kappa shape index (κ1) is 24.7. The second-order valence-electron chi connectivity index (χ2n) is 8.36. The van der Waals surface area contributed by atoms with Gasteiger partial charge in [-0.15, -0.1) is 11.3 Å². The zero-order valence-corrected chi connectivity index (χ0v) is 21.8. The maximum atomic E-state index is 13.8. The van der Waals surface area contributed by atoms with Gasteiger partial charge < -0.3 is 4.90 Å². The number of ketones is 2. The minimum absolute atomic E-state index is 0.0281. The molecule has 0 amide bonds. The van der Waals surface area contributed by atoms with Crippen LogP contribution in [0.3, 0.4) is 0 Å². The van der Waals surface area contributed by atoms with E-state index in [1.165, 1.54) is 16.3 Å². The smallest absolute Gasteiger partial charge is 0.271 e. The molecule has 4 aromatic rings. The van der Waals surface area contributed by atoms with Crippen LogP contribution in [0.15, 0.2) is 88.6 Å². The van der Waals surface area contributed by atoms with E-state index in [0.717, 1.165) is 28.2 Å². The van der Waals surface area contributed by atoms with Crippen molar-refractivity contribution >= 4 is 57.2 Å². The number of benzene rings is 3. The fraction of sp³-hybridized carbons (Fsp3) is 0.103. The number of hydrogen-bond donors (Lipinski definition) is 0. The van der Waals surface area contributed by atoms with Gasteiger partial charge in [-0.05, 0) is 19.1 Å². The number of carbonyl (C=O) groups is 3. The molecule has 2 heterocycles. The molecule has 37 heavy (non-hydrogen) atoms. The van der Waals surface area contributed by atoms with E-state index >= 15 is 0 Å². The van der Waals surface area contributed by atoms with Gasteiger partial charge in [0.25, 0.3) is 5.56 Å². The Morgan fingerprint density at radius 3 is 2.03 bits per heavy atom. The number of anilines is 1. The molecule has 0 atom stereocenters. The molecule has 1 aromatic heterocycles. The third kappa shape index (κ3) is 4.39. The van der Waals surface area contributed by atoms with Crippen molar-refractivity contribution in [3.63, 3.8) is 0 Å². The van der Waals surface area contributed by atoms with Crippen LogP contribution in [-0.4, -0.2) is 29.5 Å². The van der Waals surface area contributed by atoms with E-state index in [2.05, 4.69) is 0 Å². The Balaban J connectivity index is 1.81. The summed E-state index contributed by atoms with van der Waals surface area (Å²) in [4.78, 5) is 55.3. The van der Waals surface area contributed by atoms with Gasteiger partial charge in [0.1, 0.15) is 26.1 Å². The highest BCUT2D eigenvalue weighted by Crippen LogP contribution is 2.45. The number of aldehydes is 1. The van der Waals surface area contributed by atoms with Crippen LogP contribution in [0.4, 0.5) is 5.69 Å². The van der Waals surface area contributed by atoms with Gasteiger partial charge in [-0.2, -0.15) is 0 Å². The molecule has 1 aliphatic heterocycles. The van der Waals surface area contributed by atoms with Crippen LogP contribution in [0.5, 0.6) is 0 Å². The highest BCUT2D eigenvalue weighted by atomic mass is 32.2. The molecule has 0 saturated carbocycles. The molecule has 0 unspecified atom stereocenters. The summed E-state index contributed by atoms with van der Waals surface area (Å²) >= 11 is 2.58. The van der Waals surface area contributed by atoms with Gasteiger partial charge >= 0.3 is 0 Å². The summed E-state index contributed by atoms with van der Waals surface area (Å²) in [5, 5.41) is 0.695. The second kappa shape index (κ2) is 10.2. The Kier molecular flexibility index (Phi) is 6.78. The SMILES string of the molecule is CCn1c(=C(C(=O)c2ccccc2)C(=O)c2ccccc2)sc(=C2Sc3ccc(C=O)cc3N2C)c1=O. The summed E-state index contributed by atoms with van der Waals surface area (Å²) in [5.74, 6) is -0.860. The molecule has 0 aliphatic carbocycles. The second-order valence-corrected chi connectivity index (χ2v) is 10.4. The summed E-state index contributed by atoms with van der Waals surface area (Å²) in [6, 6.07) is 22.6. The summed E-state index contributed by atoms with van der Waals surface area (Å²) in [6.45, 7) is 2.11. The van der Waals surface area contributed by atoms with Gasteiger partial charge in [-0.25, -0.2) is 0 Å². The molecule has 0 spiro atoms. The van der Waals surface area contributed by atoms with Crippen LogP contribution in [0, 0.1) is 0 Å². The average Bonchev–Trinajstić information content (AvgIpc) is 3.44. The van der Waals surface area contributed by atoms with Crippen LogP contribution in [0.1, 0.15) is 38.0 Å². The summed E-state index contributed by atoms with van der Waals surface area (Å²) < 4.78 is 2.27. The van der Waals surface area contributed by atoms with Crippen molar-refractivity contribution in [3.8, 4) is 0 Å². The van der Waals surface area contributed by atoms with E-state index in [1.807, 2.05) is 24.9 Å². The number of carbonyl (C=O) groups excluding carboxylic acids is 3. The lowest BCUT2D eigenvalue weighted by atomic mass is 9.96. The molecular weight excluding hydrogens is 504 g/mol. The molecule has 0 N–H and O–H groups in total. The number of aromatic nitrogens is 1. The van der Waals surface area contributed by atoms with Gasteiger partial charge in [0, 0.05) is 35.2 Å². The Bertz CT molecular complexity index is 1670. The molecule has 0 fully saturated rings. The van der Waals surface area contributed by atoms with E-state index in [4.69, 9.17) is 0 Å². The Morgan fingerprint density at radius 2 is 1.49 bits per heavy atom. The first-order valence-electron chi connectivity index (χ1n) is 11.6. The molecule has 5 rings (SSSR count). The van der Waals surface area contributed by atoms with Crippen LogP contribution in [0.25, 0.3) is 10.6 Å². The van der Waals surface area contributed by atoms with Crippen molar-refractivity contribution in [2.45, 2.75) is 18.4 Å². The first-order valence-corrected chi connectivity index (χ1v) is 13.3. The molecule has 3 aromatic carbocycles. The van der Waals surface area contributed by atoms with E-state index in [-0.39, 0.29) is 11.1 Å². The standard InChI is InChI=1S/C29H22N2O4S2/c1-3-31-27(35)26(29-30(2)21-16-18(17-32)14-15-22(21)36-29)37-28(31)23(24(33)19-10-6-4-7-11-19)25(34)20-12-8-5-9-13-20/h4-17H,3H2,1-2H3. The van der Waals surface area contributed by atoms with Crippen molar-refractivity contribution in [3.05, 3.63) is 115 Å². The first-order chi connectivity index (χ1) is 17.9. The predicted molar refractivity (Wildman–Crippen MR) is 148 cm³/mol. The van der Waals surface area contributed by atoms with Crippen LogP contribution in [-0.2, 0) is 6.54 Å². The van der Waals surface area contributed by atoms with Crippen molar-refractivity contribution < 1.29 is 14.4 Å². The molecule has 8 heteroatoms. The van der Waals surface area contributed by atoms with Gasteiger partial charge in [0.2, 0.25) is 0 Å². The summed E-state index contributed by atoms with van der Waals surface area (Å²) in [6.07, 6.45) is 0.787. The Hall–Kier alpha value is -4.01. The highest BCUT2D eigenvalue weighted by Gasteiger charge is 2.28. The number of thiazole rings is 1. The number of nitrogens with zero attached hydrogens (tertiary/aromatic N) is 2. The largest absolute Gasteiger partial charge is 0.337 e. The quantitative estimate of drug-likeness (QED) is 0.215. The van der Waals surface area contributed by atoms with E-state index in [9.17, 15) is 19.2 Å². The fourth-order valence-electron chi connectivity index (χ4n) is 4.22. The summed E-state index contributed by atoms with van der Waals surface area (Å²) in [7, 11) is 1.84. The van der Waals surface area contributed by atoms with Gasteiger partial charge in [0.15, 0.2) is 11.6 Å². The Labute approximate surface area is 221 Å².